The van der Waals surface area contributed by atoms with Crippen molar-refractivity contribution >= 4 is 23.6 Å². The number of pyridine rings is 1. The highest BCUT2D eigenvalue weighted by Gasteiger charge is 2.45. The number of carbonyl (C=O) groups excluding carboxylic acids is 4. The zero-order valence-electron chi connectivity index (χ0n) is 17.7. The molecule has 4 amide bonds. The maximum atomic E-state index is 13.3. The lowest BCUT2D eigenvalue weighted by atomic mass is 9.78. The largest absolute Gasteiger partial charge is 0.315 e. The van der Waals surface area contributed by atoms with E-state index in [1.54, 1.807) is 24.3 Å². The standard InChI is InChI=1S/C23H22FN5O4/c24-14-4-6-17(27-9-14)23(11-26-12-23)10-25-8-13-2-1-3-15-19(13)22(33)29(21(15)32)16-5-7-18(30)28-20(16)31/h1-4,6,9,16,25-26H,5,7-8,10-12H2,(H,28,30,31). The molecule has 33 heavy (non-hydrogen) atoms. The third-order valence-corrected chi connectivity index (χ3v) is 6.53. The summed E-state index contributed by atoms with van der Waals surface area (Å²) in [4.78, 5) is 55.1. The van der Waals surface area contributed by atoms with Crippen LogP contribution in [0.2, 0.25) is 0 Å². The Morgan fingerprint density at radius 1 is 1.12 bits per heavy atom. The van der Waals surface area contributed by atoms with Crippen molar-refractivity contribution in [1.82, 2.24) is 25.8 Å². The molecule has 2 fully saturated rings. The Hall–Kier alpha value is -3.50. The van der Waals surface area contributed by atoms with Crippen molar-refractivity contribution in [3.63, 3.8) is 0 Å². The van der Waals surface area contributed by atoms with Gasteiger partial charge in [-0.25, -0.2) is 4.39 Å². The highest BCUT2D eigenvalue weighted by molar-refractivity contribution is 6.24. The quantitative estimate of drug-likeness (QED) is 0.539. The molecule has 0 bridgehead atoms. The molecule has 0 spiro atoms. The van der Waals surface area contributed by atoms with Gasteiger partial charge in [-0.05, 0) is 30.2 Å². The molecule has 2 saturated heterocycles. The first-order valence-electron chi connectivity index (χ1n) is 10.8. The lowest BCUT2D eigenvalue weighted by Crippen LogP contribution is -2.61. The van der Waals surface area contributed by atoms with E-state index in [1.807, 2.05) is 0 Å². The number of rotatable bonds is 6. The zero-order chi connectivity index (χ0) is 23.2. The smallest absolute Gasteiger partial charge is 0.262 e. The number of imide groups is 2. The number of aromatic nitrogens is 1. The lowest BCUT2D eigenvalue weighted by molar-refractivity contribution is -0.136. The minimum absolute atomic E-state index is 0.0752. The van der Waals surface area contributed by atoms with E-state index in [2.05, 4.69) is 20.9 Å². The van der Waals surface area contributed by atoms with E-state index < -0.39 is 35.5 Å². The van der Waals surface area contributed by atoms with Gasteiger partial charge in [-0.3, -0.25) is 34.4 Å². The fourth-order valence-corrected chi connectivity index (χ4v) is 4.68. The van der Waals surface area contributed by atoms with Gasteiger partial charge >= 0.3 is 0 Å². The first kappa shape index (κ1) is 21.4. The number of carbonyl (C=O) groups is 4. The Morgan fingerprint density at radius 3 is 2.61 bits per heavy atom. The van der Waals surface area contributed by atoms with Crippen LogP contribution in [0, 0.1) is 5.82 Å². The van der Waals surface area contributed by atoms with E-state index in [9.17, 15) is 23.6 Å². The van der Waals surface area contributed by atoms with Crippen LogP contribution < -0.4 is 16.0 Å². The van der Waals surface area contributed by atoms with Crippen LogP contribution in [0.5, 0.6) is 0 Å². The van der Waals surface area contributed by atoms with Crippen LogP contribution >= 0.6 is 0 Å². The van der Waals surface area contributed by atoms with Crippen molar-refractivity contribution in [3.05, 3.63) is 64.7 Å². The Morgan fingerprint density at radius 2 is 1.94 bits per heavy atom. The summed E-state index contributed by atoms with van der Waals surface area (Å²) in [6.07, 6.45) is 1.39. The number of fused-ring (bicyclic) bond motifs is 1. The summed E-state index contributed by atoms with van der Waals surface area (Å²) in [5.41, 5.74) is 1.67. The maximum absolute atomic E-state index is 13.3. The van der Waals surface area contributed by atoms with E-state index in [0.29, 0.717) is 31.7 Å². The fraction of sp³-hybridized carbons (Fsp3) is 0.348. The van der Waals surface area contributed by atoms with Gasteiger partial charge in [0.05, 0.1) is 23.0 Å². The van der Waals surface area contributed by atoms with Crippen molar-refractivity contribution < 1.29 is 23.6 Å². The third kappa shape index (κ3) is 3.61. The summed E-state index contributed by atoms with van der Waals surface area (Å²) in [5.74, 6) is -2.49. The average Bonchev–Trinajstić information content (AvgIpc) is 3.02. The molecule has 1 aromatic carbocycles. The van der Waals surface area contributed by atoms with Gasteiger partial charge in [0, 0.05) is 38.0 Å². The minimum Gasteiger partial charge on any atom is -0.315 e. The van der Waals surface area contributed by atoms with Crippen LogP contribution in [0.1, 0.15) is 44.8 Å². The van der Waals surface area contributed by atoms with Crippen LogP contribution in [-0.4, -0.2) is 59.2 Å². The molecular weight excluding hydrogens is 429 g/mol. The first-order chi connectivity index (χ1) is 15.9. The van der Waals surface area contributed by atoms with Crippen molar-refractivity contribution in [2.24, 2.45) is 0 Å². The molecule has 170 valence electrons. The Labute approximate surface area is 188 Å². The summed E-state index contributed by atoms with van der Waals surface area (Å²) >= 11 is 0. The van der Waals surface area contributed by atoms with E-state index in [1.165, 1.54) is 12.3 Å². The molecule has 0 aliphatic carbocycles. The summed E-state index contributed by atoms with van der Waals surface area (Å²) in [6, 6.07) is 7.12. The molecule has 0 radical (unpaired) electrons. The van der Waals surface area contributed by atoms with Gasteiger partial charge in [0.15, 0.2) is 0 Å². The molecule has 2 aromatic rings. The maximum Gasteiger partial charge on any atom is 0.262 e. The van der Waals surface area contributed by atoms with Crippen LogP contribution in [-0.2, 0) is 21.5 Å². The van der Waals surface area contributed by atoms with E-state index >= 15 is 0 Å². The number of piperidine rings is 1. The second-order valence-corrected chi connectivity index (χ2v) is 8.64. The number of amides is 4. The molecule has 9 nitrogen and oxygen atoms in total. The van der Waals surface area contributed by atoms with Gasteiger partial charge in [0.1, 0.15) is 11.9 Å². The third-order valence-electron chi connectivity index (χ3n) is 6.53. The summed E-state index contributed by atoms with van der Waals surface area (Å²) < 4.78 is 13.3. The Bertz CT molecular complexity index is 1160. The van der Waals surface area contributed by atoms with Crippen molar-refractivity contribution in [1.29, 1.82) is 0 Å². The molecule has 10 heteroatoms. The van der Waals surface area contributed by atoms with Crippen LogP contribution in [0.25, 0.3) is 0 Å². The summed E-state index contributed by atoms with van der Waals surface area (Å²) in [6.45, 7) is 2.24. The minimum atomic E-state index is -0.996. The van der Waals surface area contributed by atoms with Crippen molar-refractivity contribution in [3.8, 4) is 0 Å². The van der Waals surface area contributed by atoms with E-state index in [4.69, 9.17) is 0 Å². The monoisotopic (exact) mass is 451 g/mol. The van der Waals surface area contributed by atoms with Gasteiger partial charge in [-0.1, -0.05) is 12.1 Å². The van der Waals surface area contributed by atoms with E-state index in [0.717, 1.165) is 10.6 Å². The Kier molecular flexibility index (Phi) is 5.26. The number of halogens is 1. The fourth-order valence-electron chi connectivity index (χ4n) is 4.68. The van der Waals surface area contributed by atoms with Gasteiger partial charge in [0.25, 0.3) is 11.8 Å². The zero-order valence-corrected chi connectivity index (χ0v) is 17.7. The molecule has 5 rings (SSSR count). The van der Waals surface area contributed by atoms with Gasteiger partial charge in [-0.2, -0.15) is 0 Å². The topological polar surface area (TPSA) is 120 Å². The Balaban J connectivity index is 1.33. The molecule has 0 saturated carbocycles. The molecule has 3 N–H and O–H groups in total. The highest BCUT2D eigenvalue weighted by atomic mass is 19.1. The molecule has 4 heterocycles. The van der Waals surface area contributed by atoms with Crippen LogP contribution in [0.3, 0.4) is 0 Å². The molecule has 1 aromatic heterocycles. The van der Waals surface area contributed by atoms with Gasteiger partial charge in [-0.15, -0.1) is 0 Å². The van der Waals surface area contributed by atoms with Crippen molar-refractivity contribution in [2.75, 3.05) is 19.6 Å². The van der Waals surface area contributed by atoms with E-state index in [-0.39, 0.29) is 29.4 Å². The molecule has 3 aliphatic heterocycles. The summed E-state index contributed by atoms with van der Waals surface area (Å²) in [7, 11) is 0. The SMILES string of the molecule is O=C1CCC(N2C(=O)c3cccc(CNCC4(c5ccc(F)cn5)CNC4)c3C2=O)C(=O)N1. The molecule has 1 unspecified atom stereocenters. The lowest BCUT2D eigenvalue weighted by Gasteiger charge is -2.42. The second-order valence-electron chi connectivity index (χ2n) is 8.64. The van der Waals surface area contributed by atoms with Crippen LogP contribution in [0.4, 0.5) is 4.39 Å². The van der Waals surface area contributed by atoms with Gasteiger partial charge in [0.2, 0.25) is 11.8 Å². The predicted octanol–water partition coefficient (Wildman–Crippen LogP) is 0.253. The van der Waals surface area contributed by atoms with Crippen LogP contribution in [0.15, 0.2) is 36.5 Å². The second kappa shape index (κ2) is 8.13. The predicted molar refractivity (Wildman–Crippen MR) is 114 cm³/mol. The van der Waals surface area contributed by atoms with Crippen molar-refractivity contribution in [2.45, 2.75) is 30.8 Å². The molecule has 1 atom stereocenters. The summed E-state index contributed by atoms with van der Waals surface area (Å²) in [5, 5.41) is 8.78. The first-order valence-corrected chi connectivity index (χ1v) is 10.8. The average molecular weight is 451 g/mol. The normalized spacial score (nSPS) is 21.6. The number of nitrogens with one attached hydrogen (secondary N) is 3. The number of nitrogens with zero attached hydrogens (tertiary/aromatic N) is 2. The number of benzene rings is 1. The molecular formula is C23H22FN5O4. The number of hydrogen-bond acceptors (Lipinski definition) is 7. The highest BCUT2D eigenvalue weighted by Crippen LogP contribution is 2.31. The van der Waals surface area contributed by atoms with Gasteiger partial charge < -0.3 is 10.6 Å². The molecule has 3 aliphatic rings. The number of hydrogen-bond donors (Lipinski definition) is 3.